The van der Waals surface area contributed by atoms with Crippen LogP contribution in [0.3, 0.4) is 0 Å². The van der Waals surface area contributed by atoms with Crippen molar-refractivity contribution in [3.8, 4) is 5.75 Å². The molecule has 3 N–H and O–H groups in total. The monoisotopic (exact) mass is 297 g/mol. The molecule has 2 aromatic rings. The summed E-state index contributed by atoms with van der Waals surface area (Å²) in [6.07, 6.45) is 1.37. The molecule has 0 aliphatic heterocycles. The SMILES string of the molecule is COc1cc(C)c(N)cc1S(=O)(=O)NCc1ccon1. The number of aryl methyl sites for hydroxylation is 1. The summed E-state index contributed by atoms with van der Waals surface area (Å²) >= 11 is 0. The minimum absolute atomic E-state index is 0.00778. The number of nitrogens with one attached hydrogen (secondary N) is 1. The first-order valence-corrected chi connectivity index (χ1v) is 7.25. The number of hydrogen-bond donors (Lipinski definition) is 2. The largest absolute Gasteiger partial charge is 0.495 e. The summed E-state index contributed by atoms with van der Waals surface area (Å²) in [6, 6.07) is 4.53. The van der Waals surface area contributed by atoms with E-state index in [-0.39, 0.29) is 17.2 Å². The Bertz CT molecular complexity index is 696. The first-order valence-electron chi connectivity index (χ1n) is 5.77. The molecular weight excluding hydrogens is 282 g/mol. The van der Waals surface area contributed by atoms with E-state index in [2.05, 4.69) is 14.4 Å². The maximum Gasteiger partial charge on any atom is 0.244 e. The fourth-order valence-corrected chi connectivity index (χ4v) is 2.80. The van der Waals surface area contributed by atoms with Crippen molar-refractivity contribution in [1.29, 1.82) is 0 Å². The number of ether oxygens (including phenoxy) is 1. The van der Waals surface area contributed by atoms with Crippen LogP contribution in [-0.2, 0) is 16.6 Å². The van der Waals surface area contributed by atoms with Gasteiger partial charge in [-0.1, -0.05) is 5.16 Å². The van der Waals surface area contributed by atoms with E-state index < -0.39 is 10.0 Å². The van der Waals surface area contributed by atoms with Gasteiger partial charge in [0.1, 0.15) is 16.9 Å². The first-order chi connectivity index (χ1) is 9.44. The van der Waals surface area contributed by atoms with Gasteiger partial charge in [-0.3, -0.25) is 0 Å². The molecule has 0 fully saturated rings. The zero-order valence-corrected chi connectivity index (χ0v) is 11.9. The third kappa shape index (κ3) is 2.91. The molecule has 1 heterocycles. The Balaban J connectivity index is 2.31. The van der Waals surface area contributed by atoms with Crippen molar-refractivity contribution in [2.45, 2.75) is 18.4 Å². The van der Waals surface area contributed by atoms with Crippen LogP contribution in [0.1, 0.15) is 11.3 Å². The number of aromatic nitrogens is 1. The summed E-state index contributed by atoms with van der Waals surface area (Å²) in [5.74, 6) is 0.240. The summed E-state index contributed by atoms with van der Waals surface area (Å²) in [7, 11) is -2.35. The Hall–Kier alpha value is -2.06. The number of sulfonamides is 1. The second kappa shape index (κ2) is 5.51. The summed E-state index contributed by atoms with van der Waals surface area (Å²) in [5, 5.41) is 3.63. The van der Waals surface area contributed by atoms with Crippen LogP contribution in [0.4, 0.5) is 5.69 Å². The van der Waals surface area contributed by atoms with Crippen LogP contribution >= 0.6 is 0 Å². The van der Waals surface area contributed by atoms with Crippen LogP contribution in [0.25, 0.3) is 0 Å². The first kappa shape index (κ1) is 14.4. The van der Waals surface area contributed by atoms with Crippen LogP contribution in [-0.4, -0.2) is 20.7 Å². The van der Waals surface area contributed by atoms with E-state index in [9.17, 15) is 8.42 Å². The Kier molecular flexibility index (Phi) is 3.96. The van der Waals surface area contributed by atoms with Gasteiger partial charge in [0.05, 0.1) is 19.3 Å². The molecule has 20 heavy (non-hydrogen) atoms. The molecule has 0 saturated carbocycles. The van der Waals surface area contributed by atoms with Crippen molar-refractivity contribution < 1.29 is 17.7 Å². The molecule has 0 bridgehead atoms. The van der Waals surface area contributed by atoms with Crippen molar-refractivity contribution >= 4 is 15.7 Å². The second-order valence-corrected chi connectivity index (χ2v) is 5.91. The molecule has 0 spiro atoms. The van der Waals surface area contributed by atoms with E-state index in [0.29, 0.717) is 11.4 Å². The molecule has 0 radical (unpaired) electrons. The van der Waals surface area contributed by atoms with Gasteiger partial charge in [-0.25, -0.2) is 13.1 Å². The summed E-state index contributed by atoms with van der Waals surface area (Å²) in [4.78, 5) is -0.00778. The standard InChI is InChI=1S/C12H15N3O4S/c1-8-5-11(18-2)12(6-10(8)13)20(16,17)14-7-9-3-4-19-15-9/h3-6,14H,7,13H2,1-2H3. The van der Waals surface area contributed by atoms with Gasteiger partial charge in [0.2, 0.25) is 10.0 Å². The fourth-order valence-electron chi connectivity index (χ4n) is 1.62. The summed E-state index contributed by atoms with van der Waals surface area (Å²) < 4.78 is 36.7. The average molecular weight is 297 g/mol. The highest BCUT2D eigenvalue weighted by atomic mass is 32.2. The van der Waals surface area contributed by atoms with Gasteiger partial charge in [0.15, 0.2) is 0 Å². The second-order valence-electron chi connectivity index (χ2n) is 4.17. The van der Waals surface area contributed by atoms with Crippen molar-refractivity contribution in [1.82, 2.24) is 9.88 Å². The number of nitrogens with two attached hydrogens (primary N) is 1. The van der Waals surface area contributed by atoms with Gasteiger partial charge in [-0.2, -0.15) is 0 Å². The van der Waals surface area contributed by atoms with Gasteiger partial charge in [0.25, 0.3) is 0 Å². The van der Waals surface area contributed by atoms with E-state index in [4.69, 9.17) is 10.5 Å². The normalized spacial score (nSPS) is 11.5. The third-order valence-electron chi connectivity index (χ3n) is 2.78. The van der Waals surface area contributed by atoms with Crippen molar-refractivity contribution in [2.24, 2.45) is 0 Å². The fraction of sp³-hybridized carbons (Fsp3) is 0.250. The van der Waals surface area contributed by atoms with Gasteiger partial charge in [-0.15, -0.1) is 0 Å². The number of hydrogen-bond acceptors (Lipinski definition) is 6. The van der Waals surface area contributed by atoms with Crippen molar-refractivity contribution in [3.05, 3.63) is 35.7 Å². The molecule has 0 saturated heterocycles. The minimum Gasteiger partial charge on any atom is -0.495 e. The third-order valence-corrected chi connectivity index (χ3v) is 4.20. The number of benzene rings is 1. The Morgan fingerprint density at radius 2 is 2.20 bits per heavy atom. The van der Waals surface area contributed by atoms with Gasteiger partial charge >= 0.3 is 0 Å². The van der Waals surface area contributed by atoms with E-state index in [1.54, 1.807) is 19.1 Å². The summed E-state index contributed by atoms with van der Waals surface area (Å²) in [5.41, 5.74) is 7.37. The molecule has 8 heteroatoms. The number of rotatable bonds is 5. The predicted molar refractivity (Wildman–Crippen MR) is 72.7 cm³/mol. The Labute approximate surface area is 116 Å². The van der Waals surface area contributed by atoms with E-state index in [1.807, 2.05) is 0 Å². The van der Waals surface area contributed by atoms with Crippen LogP contribution in [0.2, 0.25) is 0 Å². The zero-order valence-electron chi connectivity index (χ0n) is 11.1. The van der Waals surface area contributed by atoms with Crippen LogP contribution in [0, 0.1) is 6.92 Å². The van der Waals surface area contributed by atoms with Crippen molar-refractivity contribution in [3.63, 3.8) is 0 Å². The quantitative estimate of drug-likeness (QED) is 0.799. The van der Waals surface area contributed by atoms with Crippen LogP contribution in [0.5, 0.6) is 5.75 Å². The molecule has 7 nitrogen and oxygen atoms in total. The number of nitrogens with zero attached hydrogens (tertiary/aromatic N) is 1. The molecular formula is C12H15N3O4S. The molecule has 0 unspecified atom stereocenters. The molecule has 1 aromatic heterocycles. The average Bonchev–Trinajstić information content (AvgIpc) is 2.92. The highest BCUT2D eigenvalue weighted by Gasteiger charge is 2.21. The molecule has 0 aliphatic rings. The lowest BCUT2D eigenvalue weighted by molar-refractivity contribution is 0.401. The lowest BCUT2D eigenvalue weighted by atomic mass is 10.2. The summed E-state index contributed by atoms with van der Waals surface area (Å²) in [6.45, 7) is 1.80. The van der Waals surface area contributed by atoms with Gasteiger partial charge in [-0.05, 0) is 24.6 Å². The van der Waals surface area contributed by atoms with Crippen LogP contribution < -0.4 is 15.2 Å². The molecule has 2 rings (SSSR count). The van der Waals surface area contributed by atoms with Gasteiger partial charge in [0, 0.05) is 11.8 Å². The molecule has 1 aromatic carbocycles. The van der Waals surface area contributed by atoms with Crippen molar-refractivity contribution in [2.75, 3.05) is 12.8 Å². The topological polar surface area (TPSA) is 107 Å². The lowest BCUT2D eigenvalue weighted by Crippen LogP contribution is -2.24. The number of methoxy groups -OCH3 is 1. The minimum atomic E-state index is -3.76. The maximum absolute atomic E-state index is 12.3. The van der Waals surface area contributed by atoms with Gasteiger partial charge < -0.3 is 15.0 Å². The zero-order chi connectivity index (χ0) is 14.8. The predicted octanol–water partition coefficient (Wildman–Crippen LogP) is 1.05. The molecule has 108 valence electrons. The van der Waals surface area contributed by atoms with E-state index in [1.165, 1.54) is 19.4 Å². The number of anilines is 1. The Morgan fingerprint density at radius 1 is 1.45 bits per heavy atom. The Morgan fingerprint density at radius 3 is 2.80 bits per heavy atom. The van der Waals surface area contributed by atoms with Crippen LogP contribution in [0.15, 0.2) is 33.9 Å². The molecule has 0 aliphatic carbocycles. The molecule has 0 amide bonds. The lowest BCUT2D eigenvalue weighted by Gasteiger charge is -2.12. The smallest absolute Gasteiger partial charge is 0.244 e. The molecule has 0 atom stereocenters. The highest BCUT2D eigenvalue weighted by Crippen LogP contribution is 2.28. The highest BCUT2D eigenvalue weighted by molar-refractivity contribution is 7.89. The van der Waals surface area contributed by atoms with E-state index >= 15 is 0 Å². The number of nitrogen functional groups attached to an aromatic ring is 1. The maximum atomic E-state index is 12.3. The van der Waals surface area contributed by atoms with E-state index in [0.717, 1.165) is 5.56 Å².